The first-order valence-corrected chi connectivity index (χ1v) is 6.73. The first-order chi connectivity index (χ1) is 10.7. The van der Waals surface area contributed by atoms with Crippen LogP contribution in [0.2, 0.25) is 0 Å². The molecule has 0 atom stereocenters. The second-order valence-electron chi connectivity index (χ2n) is 4.85. The molecule has 0 fully saturated rings. The first-order valence-electron chi connectivity index (χ1n) is 6.73. The molecule has 0 saturated carbocycles. The summed E-state index contributed by atoms with van der Waals surface area (Å²) in [7, 11) is 1.56. The third kappa shape index (κ3) is 1.93. The first kappa shape index (κ1) is 13.8. The number of nitriles is 1. The lowest BCUT2D eigenvalue weighted by atomic mass is 10.0. The molecule has 3 aromatic rings. The molecule has 0 aliphatic rings. The van der Waals surface area contributed by atoms with Crippen LogP contribution in [0.3, 0.4) is 0 Å². The molecular weight excluding hydrogens is 276 g/mol. The lowest BCUT2D eigenvalue weighted by Crippen LogP contribution is -1.91. The largest absolute Gasteiger partial charge is 0.481 e. The van der Waals surface area contributed by atoms with Crippen LogP contribution in [0.1, 0.15) is 16.7 Å². The van der Waals surface area contributed by atoms with Crippen LogP contribution in [0.5, 0.6) is 5.88 Å². The van der Waals surface area contributed by atoms with E-state index in [1.165, 1.54) is 0 Å². The summed E-state index contributed by atoms with van der Waals surface area (Å²) < 4.78 is 5.26. The van der Waals surface area contributed by atoms with Gasteiger partial charge in [-0.2, -0.15) is 5.26 Å². The molecule has 0 unspecified atom stereocenters. The van der Waals surface area contributed by atoms with Gasteiger partial charge < -0.3 is 9.72 Å². The Hall–Kier alpha value is -3.13. The van der Waals surface area contributed by atoms with E-state index in [0.29, 0.717) is 11.4 Å². The van der Waals surface area contributed by atoms with Crippen molar-refractivity contribution >= 4 is 17.0 Å². The molecule has 0 saturated heterocycles. The molecule has 0 amide bonds. The summed E-state index contributed by atoms with van der Waals surface area (Å²) >= 11 is 0. The van der Waals surface area contributed by atoms with Crippen molar-refractivity contribution in [3.8, 4) is 23.2 Å². The number of aryl methyl sites for hydroxylation is 1. The second-order valence-corrected chi connectivity index (χ2v) is 4.85. The van der Waals surface area contributed by atoms with Gasteiger partial charge >= 0.3 is 0 Å². The number of H-pyrrole nitrogens is 1. The zero-order chi connectivity index (χ0) is 15.7. The number of aromatic amines is 1. The molecule has 3 heterocycles. The number of ether oxygens (including phenoxy) is 1. The maximum Gasteiger partial charge on any atom is 0.222 e. The van der Waals surface area contributed by atoms with Crippen LogP contribution in [0.15, 0.2) is 31.2 Å². The SMILES string of the molecule is C=Cc1c(OC)ncc2c(C#N)c(-c3cnccc3C)[nH]c12. The van der Waals surface area contributed by atoms with Crippen molar-refractivity contribution in [3.05, 3.63) is 47.9 Å². The Labute approximate surface area is 127 Å². The van der Waals surface area contributed by atoms with Crippen molar-refractivity contribution in [2.75, 3.05) is 7.11 Å². The Morgan fingerprint density at radius 1 is 1.41 bits per heavy atom. The third-order valence-electron chi connectivity index (χ3n) is 3.67. The molecule has 5 nitrogen and oxygen atoms in total. The van der Waals surface area contributed by atoms with Crippen LogP contribution in [-0.2, 0) is 0 Å². The van der Waals surface area contributed by atoms with Gasteiger partial charge in [-0.15, -0.1) is 0 Å². The molecule has 3 aromatic heterocycles. The number of nitrogens with zero attached hydrogens (tertiary/aromatic N) is 3. The zero-order valence-electron chi connectivity index (χ0n) is 12.3. The monoisotopic (exact) mass is 290 g/mol. The van der Waals surface area contributed by atoms with Gasteiger partial charge in [-0.05, 0) is 18.6 Å². The Kier molecular flexibility index (Phi) is 3.36. The van der Waals surface area contributed by atoms with Gasteiger partial charge in [0.15, 0.2) is 0 Å². The minimum absolute atomic E-state index is 0.475. The summed E-state index contributed by atoms with van der Waals surface area (Å²) in [6, 6.07) is 4.17. The van der Waals surface area contributed by atoms with Gasteiger partial charge in [0, 0.05) is 29.5 Å². The quantitative estimate of drug-likeness (QED) is 0.801. The minimum atomic E-state index is 0.475. The van der Waals surface area contributed by atoms with E-state index in [1.807, 2.05) is 13.0 Å². The van der Waals surface area contributed by atoms with E-state index in [-0.39, 0.29) is 0 Å². The van der Waals surface area contributed by atoms with Crippen molar-refractivity contribution in [1.29, 1.82) is 5.26 Å². The molecule has 22 heavy (non-hydrogen) atoms. The smallest absolute Gasteiger partial charge is 0.222 e. The second kappa shape index (κ2) is 5.34. The van der Waals surface area contributed by atoms with E-state index in [9.17, 15) is 5.26 Å². The molecular formula is C17H14N4O. The van der Waals surface area contributed by atoms with Crippen molar-refractivity contribution in [3.63, 3.8) is 0 Å². The fourth-order valence-electron chi connectivity index (χ4n) is 2.55. The molecule has 0 spiro atoms. The number of nitrogens with one attached hydrogen (secondary N) is 1. The van der Waals surface area contributed by atoms with Gasteiger partial charge in [-0.25, -0.2) is 4.98 Å². The van der Waals surface area contributed by atoms with E-state index in [4.69, 9.17) is 4.74 Å². The molecule has 108 valence electrons. The summed E-state index contributed by atoms with van der Waals surface area (Å²) in [6.07, 6.45) is 6.80. The predicted molar refractivity (Wildman–Crippen MR) is 85.4 cm³/mol. The highest BCUT2D eigenvalue weighted by Crippen LogP contribution is 2.35. The number of hydrogen-bond acceptors (Lipinski definition) is 4. The molecule has 0 aromatic carbocycles. The maximum atomic E-state index is 9.57. The maximum absolute atomic E-state index is 9.57. The average molecular weight is 290 g/mol. The number of methoxy groups -OCH3 is 1. The van der Waals surface area contributed by atoms with Crippen molar-refractivity contribution < 1.29 is 4.74 Å². The molecule has 5 heteroatoms. The van der Waals surface area contributed by atoms with E-state index >= 15 is 0 Å². The molecule has 0 aliphatic carbocycles. The van der Waals surface area contributed by atoms with Gasteiger partial charge in [-0.1, -0.05) is 12.7 Å². The molecule has 0 aliphatic heterocycles. The number of rotatable bonds is 3. The average Bonchev–Trinajstić information content (AvgIpc) is 2.92. The van der Waals surface area contributed by atoms with Gasteiger partial charge in [0.1, 0.15) is 6.07 Å². The van der Waals surface area contributed by atoms with Crippen molar-refractivity contribution in [2.24, 2.45) is 0 Å². The fraction of sp³-hybridized carbons (Fsp3) is 0.118. The Morgan fingerprint density at radius 2 is 2.23 bits per heavy atom. The summed E-state index contributed by atoms with van der Waals surface area (Å²) in [5.74, 6) is 0.475. The van der Waals surface area contributed by atoms with Gasteiger partial charge in [0.05, 0.1) is 29.4 Å². The highest BCUT2D eigenvalue weighted by Gasteiger charge is 2.18. The molecule has 0 radical (unpaired) electrons. The lowest BCUT2D eigenvalue weighted by molar-refractivity contribution is 0.397. The number of fused-ring (bicyclic) bond motifs is 1. The normalized spacial score (nSPS) is 10.4. The number of hydrogen-bond donors (Lipinski definition) is 1. The van der Waals surface area contributed by atoms with Crippen LogP contribution in [-0.4, -0.2) is 22.1 Å². The van der Waals surface area contributed by atoms with Crippen LogP contribution < -0.4 is 4.74 Å². The molecule has 0 bridgehead atoms. The Bertz CT molecular complexity index is 918. The third-order valence-corrected chi connectivity index (χ3v) is 3.67. The van der Waals surface area contributed by atoms with Crippen LogP contribution in [0.4, 0.5) is 0 Å². The van der Waals surface area contributed by atoms with Crippen LogP contribution >= 0.6 is 0 Å². The highest BCUT2D eigenvalue weighted by atomic mass is 16.5. The summed E-state index contributed by atoms with van der Waals surface area (Å²) in [5, 5.41) is 10.3. The summed E-state index contributed by atoms with van der Waals surface area (Å²) in [5.41, 5.74) is 4.74. The lowest BCUT2D eigenvalue weighted by Gasteiger charge is -2.04. The van der Waals surface area contributed by atoms with Crippen LogP contribution in [0, 0.1) is 18.3 Å². The zero-order valence-corrected chi connectivity index (χ0v) is 12.3. The van der Waals surface area contributed by atoms with E-state index in [1.54, 1.807) is 31.8 Å². The summed E-state index contributed by atoms with van der Waals surface area (Å²) in [4.78, 5) is 11.7. The highest BCUT2D eigenvalue weighted by molar-refractivity contribution is 5.98. The van der Waals surface area contributed by atoms with Gasteiger partial charge in [0.25, 0.3) is 0 Å². The van der Waals surface area contributed by atoms with Crippen LogP contribution in [0.25, 0.3) is 28.2 Å². The fourth-order valence-corrected chi connectivity index (χ4v) is 2.55. The number of pyridine rings is 2. The van der Waals surface area contributed by atoms with Crippen molar-refractivity contribution in [1.82, 2.24) is 15.0 Å². The van der Waals surface area contributed by atoms with E-state index in [0.717, 1.165) is 33.3 Å². The van der Waals surface area contributed by atoms with Gasteiger partial charge in [0.2, 0.25) is 5.88 Å². The van der Waals surface area contributed by atoms with Gasteiger partial charge in [-0.3, -0.25) is 4.98 Å². The van der Waals surface area contributed by atoms with Crippen molar-refractivity contribution in [2.45, 2.75) is 6.92 Å². The molecule has 3 rings (SSSR count). The minimum Gasteiger partial charge on any atom is -0.481 e. The number of aromatic nitrogens is 3. The predicted octanol–water partition coefficient (Wildman–Crippen LogP) is 3.46. The topological polar surface area (TPSA) is 74.6 Å². The Balaban J connectivity index is 2.41. The van der Waals surface area contributed by atoms with E-state index < -0.39 is 0 Å². The van der Waals surface area contributed by atoms with E-state index in [2.05, 4.69) is 27.6 Å². The molecule has 1 N–H and O–H groups in total. The standard InChI is InChI=1S/C17H14N4O/c1-4-11-15-14(9-20-17(11)22-3)12(7-18)16(21-15)13-8-19-6-5-10(13)2/h4-6,8-9,21H,1H2,2-3H3. The Morgan fingerprint density at radius 3 is 2.86 bits per heavy atom. The summed E-state index contributed by atoms with van der Waals surface area (Å²) in [6.45, 7) is 5.79.